The Labute approximate surface area is 103 Å². The van der Waals surface area contributed by atoms with E-state index >= 15 is 0 Å². The Hall–Kier alpha value is -1.36. The van der Waals surface area contributed by atoms with Gasteiger partial charge in [0, 0.05) is 26.4 Å². The van der Waals surface area contributed by atoms with Crippen LogP contribution in [0.3, 0.4) is 0 Å². The summed E-state index contributed by atoms with van der Waals surface area (Å²) in [6.07, 6.45) is 2.82. The van der Waals surface area contributed by atoms with Gasteiger partial charge in [0.2, 0.25) is 5.95 Å². The number of hydrogen-bond donors (Lipinski definition) is 2. The number of ether oxygens (including phenoxy) is 1. The van der Waals surface area contributed by atoms with Crippen molar-refractivity contribution in [1.29, 1.82) is 0 Å². The zero-order valence-electron chi connectivity index (χ0n) is 10.9. The quantitative estimate of drug-likeness (QED) is 0.725. The van der Waals surface area contributed by atoms with E-state index in [-0.39, 0.29) is 0 Å². The Morgan fingerprint density at radius 2 is 2.24 bits per heavy atom. The molecule has 0 aromatic carbocycles. The van der Waals surface area contributed by atoms with Gasteiger partial charge in [-0.05, 0) is 18.4 Å². The zero-order valence-corrected chi connectivity index (χ0v) is 10.9. The van der Waals surface area contributed by atoms with Crippen LogP contribution >= 0.6 is 0 Å². The van der Waals surface area contributed by atoms with Crippen molar-refractivity contribution in [3.05, 3.63) is 12.3 Å². The molecule has 0 saturated carbocycles. The molecule has 0 aliphatic heterocycles. The fourth-order valence-corrected chi connectivity index (χ4v) is 1.40. The third-order valence-corrected chi connectivity index (χ3v) is 2.27. The molecule has 1 rings (SSSR count). The number of rotatable bonds is 8. The molecule has 0 fully saturated rings. The van der Waals surface area contributed by atoms with Crippen LogP contribution in [0.15, 0.2) is 12.3 Å². The third kappa shape index (κ3) is 5.49. The molecule has 0 amide bonds. The predicted octanol–water partition coefficient (Wildman–Crippen LogP) is 1.99. The average Bonchev–Trinajstić information content (AvgIpc) is 2.35. The summed E-state index contributed by atoms with van der Waals surface area (Å²) in [6.45, 7) is 6.73. The second kappa shape index (κ2) is 7.84. The van der Waals surface area contributed by atoms with Crippen LogP contribution in [0, 0.1) is 5.92 Å². The minimum Gasteiger partial charge on any atom is -0.384 e. The van der Waals surface area contributed by atoms with Gasteiger partial charge in [-0.25, -0.2) is 4.98 Å². The summed E-state index contributed by atoms with van der Waals surface area (Å²) in [4.78, 5) is 8.52. The predicted molar refractivity (Wildman–Crippen MR) is 70.3 cm³/mol. The molecule has 1 aromatic heterocycles. The molecule has 0 aliphatic carbocycles. The molecule has 1 unspecified atom stereocenters. The van der Waals surface area contributed by atoms with Crippen LogP contribution in [0.4, 0.5) is 11.8 Å². The van der Waals surface area contributed by atoms with E-state index in [1.54, 1.807) is 13.3 Å². The van der Waals surface area contributed by atoms with Crippen LogP contribution in [0.1, 0.15) is 20.3 Å². The second-order valence-corrected chi connectivity index (χ2v) is 4.13. The Balaban J connectivity index is 2.42. The van der Waals surface area contributed by atoms with E-state index in [4.69, 9.17) is 4.74 Å². The summed E-state index contributed by atoms with van der Waals surface area (Å²) in [5.74, 6) is 1.99. The topological polar surface area (TPSA) is 59.1 Å². The fraction of sp³-hybridized carbons (Fsp3) is 0.667. The summed E-state index contributed by atoms with van der Waals surface area (Å²) in [7, 11) is 1.72. The van der Waals surface area contributed by atoms with E-state index < -0.39 is 0 Å². The summed E-state index contributed by atoms with van der Waals surface area (Å²) < 4.78 is 5.08. The maximum atomic E-state index is 5.08. The molecule has 0 aliphatic rings. The molecule has 96 valence electrons. The minimum absolute atomic E-state index is 0.460. The van der Waals surface area contributed by atoms with Gasteiger partial charge in [0.25, 0.3) is 0 Å². The Morgan fingerprint density at radius 1 is 1.41 bits per heavy atom. The first-order valence-electron chi connectivity index (χ1n) is 6.06. The van der Waals surface area contributed by atoms with E-state index in [0.29, 0.717) is 11.9 Å². The van der Waals surface area contributed by atoms with Gasteiger partial charge in [0.15, 0.2) is 0 Å². The van der Waals surface area contributed by atoms with Crippen LogP contribution < -0.4 is 10.6 Å². The van der Waals surface area contributed by atoms with Crippen LogP contribution in [0.5, 0.6) is 0 Å². The monoisotopic (exact) mass is 238 g/mol. The Kier molecular flexibility index (Phi) is 6.32. The first-order valence-corrected chi connectivity index (χ1v) is 6.06. The van der Waals surface area contributed by atoms with Gasteiger partial charge >= 0.3 is 0 Å². The number of anilines is 2. The van der Waals surface area contributed by atoms with Crippen LogP contribution in [-0.4, -0.2) is 36.8 Å². The minimum atomic E-state index is 0.460. The van der Waals surface area contributed by atoms with Crippen LogP contribution in [0.25, 0.3) is 0 Å². The fourth-order valence-electron chi connectivity index (χ4n) is 1.40. The van der Waals surface area contributed by atoms with E-state index in [9.17, 15) is 0 Å². The normalized spacial score (nSPS) is 12.2. The first-order chi connectivity index (χ1) is 8.26. The van der Waals surface area contributed by atoms with Crippen LogP contribution in [0.2, 0.25) is 0 Å². The highest BCUT2D eigenvalue weighted by molar-refractivity contribution is 5.39. The number of nitrogens with one attached hydrogen (secondary N) is 2. The molecule has 1 heterocycles. The van der Waals surface area contributed by atoms with Crippen molar-refractivity contribution in [3.63, 3.8) is 0 Å². The number of methoxy groups -OCH3 is 1. The van der Waals surface area contributed by atoms with Gasteiger partial charge in [0.1, 0.15) is 5.82 Å². The standard InChI is InChI=1S/C12H22N4O/c1-4-6-13-12-14-7-5-11(16-12)15-8-10(2)9-17-3/h5,7,10H,4,6,8-9H2,1-3H3,(H2,13,14,15,16). The lowest BCUT2D eigenvalue weighted by Crippen LogP contribution is -2.16. The molecule has 5 nitrogen and oxygen atoms in total. The van der Waals surface area contributed by atoms with Crippen molar-refractivity contribution in [2.75, 3.05) is 37.4 Å². The molecule has 2 N–H and O–H groups in total. The van der Waals surface area contributed by atoms with Crippen molar-refractivity contribution in [1.82, 2.24) is 9.97 Å². The van der Waals surface area contributed by atoms with Crippen molar-refractivity contribution in [2.45, 2.75) is 20.3 Å². The number of hydrogen-bond acceptors (Lipinski definition) is 5. The molecule has 0 radical (unpaired) electrons. The summed E-state index contributed by atoms with van der Waals surface area (Å²) in [5, 5.41) is 6.44. The molecule has 0 spiro atoms. The maximum Gasteiger partial charge on any atom is 0.224 e. The molecule has 1 atom stereocenters. The van der Waals surface area contributed by atoms with Crippen molar-refractivity contribution >= 4 is 11.8 Å². The molecule has 17 heavy (non-hydrogen) atoms. The zero-order chi connectivity index (χ0) is 12.5. The van der Waals surface area contributed by atoms with Crippen molar-refractivity contribution < 1.29 is 4.74 Å². The summed E-state index contributed by atoms with van der Waals surface area (Å²) in [6, 6.07) is 1.87. The van der Waals surface area contributed by atoms with E-state index in [1.807, 2.05) is 6.07 Å². The van der Waals surface area contributed by atoms with Gasteiger partial charge < -0.3 is 15.4 Å². The molecule has 0 bridgehead atoms. The SMILES string of the molecule is CCCNc1nccc(NCC(C)COC)n1. The molecule has 5 heteroatoms. The molecule has 0 saturated heterocycles. The van der Waals surface area contributed by atoms with Crippen molar-refractivity contribution in [3.8, 4) is 0 Å². The van der Waals surface area contributed by atoms with Gasteiger partial charge in [-0.1, -0.05) is 13.8 Å². The van der Waals surface area contributed by atoms with E-state index in [1.165, 1.54) is 0 Å². The van der Waals surface area contributed by atoms with E-state index in [2.05, 4.69) is 34.4 Å². The van der Waals surface area contributed by atoms with Crippen molar-refractivity contribution in [2.24, 2.45) is 5.92 Å². The lowest BCUT2D eigenvalue weighted by atomic mass is 10.2. The highest BCUT2D eigenvalue weighted by Crippen LogP contribution is 2.06. The number of aromatic nitrogens is 2. The lowest BCUT2D eigenvalue weighted by Gasteiger charge is -2.12. The van der Waals surface area contributed by atoms with Gasteiger partial charge in [0.05, 0.1) is 6.61 Å². The highest BCUT2D eigenvalue weighted by Gasteiger charge is 2.02. The largest absolute Gasteiger partial charge is 0.384 e. The summed E-state index contributed by atoms with van der Waals surface area (Å²) >= 11 is 0. The van der Waals surface area contributed by atoms with Crippen LogP contribution in [-0.2, 0) is 4.74 Å². The molecular formula is C12H22N4O. The Morgan fingerprint density at radius 3 is 2.94 bits per heavy atom. The lowest BCUT2D eigenvalue weighted by molar-refractivity contribution is 0.164. The molecular weight excluding hydrogens is 216 g/mol. The summed E-state index contributed by atoms with van der Waals surface area (Å²) in [5.41, 5.74) is 0. The maximum absolute atomic E-state index is 5.08. The van der Waals surface area contributed by atoms with Gasteiger partial charge in [-0.2, -0.15) is 4.98 Å². The third-order valence-electron chi connectivity index (χ3n) is 2.27. The second-order valence-electron chi connectivity index (χ2n) is 4.13. The van der Waals surface area contributed by atoms with Gasteiger partial charge in [-0.3, -0.25) is 0 Å². The molecule has 1 aromatic rings. The van der Waals surface area contributed by atoms with E-state index in [0.717, 1.165) is 31.9 Å². The smallest absolute Gasteiger partial charge is 0.224 e. The highest BCUT2D eigenvalue weighted by atomic mass is 16.5. The average molecular weight is 238 g/mol. The Bertz CT molecular complexity index is 319. The number of nitrogens with zero attached hydrogens (tertiary/aromatic N) is 2. The van der Waals surface area contributed by atoms with Gasteiger partial charge in [-0.15, -0.1) is 0 Å². The first kappa shape index (κ1) is 13.7.